The number of unbranched alkanes of at least 4 members (excludes halogenated alkanes) is 1. The number of aromatic nitrogens is 1. The summed E-state index contributed by atoms with van der Waals surface area (Å²) in [4.78, 5) is 28.9. The minimum atomic E-state index is -0.313. The molecular weight excluding hydrogens is 314 g/mol. The summed E-state index contributed by atoms with van der Waals surface area (Å²) in [5.74, 6) is -0.569. The molecule has 1 aromatic carbocycles. The lowest BCUT2D eigenvalue weighted by Gasteiger charge is -2.13. The van der Waals surface area contributed by atoms with Gasteiger partial charge in [0.1, 0.15) is 11.4 Å². The third-order valence-electron chi connectivity index (χ3n) is 4.01. The van der Waals surface area contributed by atoms with Crippen molar-refractivity contribution in [3.63, 3.8) is 0 Å². The molecule has 0 atom stereocenters. The van der Waals surface area contributed by atoms with Gasteiger partial charge in [-0.1, -0.05) is 44.5 Å². The van der Waals surface area contributed by atoms with Crippen molar-refractivity contribution >= 4 is 17.5 Å². The van der Waals surface area contributed by atoms with E-state index >= 15 is 0 Å². The lowest BCUT2D eigenvalue weighted by atomic mass is 10.1. The molecule has 0 fully saturated rings. The molecule has 0 aliphatic rings. The van der Waals surface area contributed by atoms with Crippen LogP contribution in [0.5, 0.6) is 0 Å². The van der Waals surface area contributed by atoms with E-state index < -0.39 is 0 Å². The second-order valence-corrected chi connectivity index (χ2v) is 5.93. The van der Waals surface area contributed by atoms with E-state index in [0.717, 1.165) is 36.1 Å². The maximum Gasteiger partial charge on any atom is 0.274 e. The standard InChI is InChI=1S/C20H25N3O2/c1-4-6-13-21-19(24)16-11-8-12-17(22-16)20(25)23-18-14(3)9-7-10-15(18)5-2/h7-12H,4-6,13H2,1-3H3,(H,21,24)(H,23,25). The summed E-state index contributed by atoms with van der Waals surface area (Å²) in [7, 11) is 0. The summed E-state index contributed by atoms with van der Waals surface area (Å²) in [6.07, 6.45) is 2.75. The first-order chi connectivity index (χ1) is 12.1. The van der Waals surface area contributed by atoms with Gasteiger partial charge in [0.05, 0.1) is 0 Å². The fourth-order valence-corrected chi connectivity index (χ4v) is 2.54. The molecule has 0 saturated carbocycles. The maximum absolute atomic E-state index is 12.6. The van der Waals surface area contributed by atoms with Gasteiger partial charge < -0.3 is 10.6 Å². The van der Waals surface area contributed by atoms with Gasteiger partial charge in [-0.05, 0) is 43.0 Å². The van der Waals surface area contributed by atoms with Crippen LogP contribution in [0.25, 0.3) is 0 Å². The molecule has 0 spiro atoms. The minimum absolute atomic E-state index is 0.230. The van der Waals surface area contributed by atoms with Crippen LogP contribution in [0.15, 0.2) is 36.4 Å². The Bertz CT molecular complexity index is 756. The number of carbonyl (C=O) groups excluding carboxylic acids is 2. The topological polar surface area (TPSA) is 71.1 Å². The van der Waals surface area contributed by atoms with Crippen LogP contribution >= 0.6 is 0 Å². The SMILES string of the molecule is CCCCNC(=O)c1cccc(C(=O)Nc2c(C)cccc2CC)n1. The Labute approximate surface area is 148 Å². The number of carbonyl (C=O) groups is 2. The van der Waals surface area contributed by atoms with Gasteiger partial charge in [0.25, 0.3) is 11.8 Å². The van der Waals surface area contributed by atoms with Crippen molar-refractivity contribution in [2.45, 2.75) is 40.0 Å². The fraction of sp³-hybridized carbons (Fsp3) is 0.350. The highest BCUT2D eigenvalue weighted by molar-refractivity contribution is 6.04. The first kappa shape index (κ1) is 18.6. The van der Waals surface area contributed by atoms with E-state index in [0.29, 0.717) is 6.54 Å². The molecule has 132 valence electrons. The molecule has 2 N–H and O–H groups in total. The number of para-hydroxylation sites is 1. The lowest BCUT2D eigenvalue weighted by molar-refractivity contribution is 0.0948. The van der Waals surface area contributed by atoms with Crippen molar-refractivity contribution in [2.24, 2.45) is 0 Å². The first-order valence-electron chi connectivity index (χ1n) is 8.71. The van der Waals surface area contributed by atoms with Gasteiger partial charge >= 0.3 is 0 Å². The Balaban J connectivity index is 2.15. The lowest BCUT2D eigenvalue weighted by Crippen LogP contribution is -2.26. The zero-order valence-electron chi connectivity index (χ0n) is 15.1. The summed E-state index contributed by atoms with van der Waals surface area (Å²) in [5.41, 5.74) is 3.37. The van der Waals surface area contributed by atoms with Gasteiger partial charge in [-0.15, -0.1) is 0 Å². The average Bonchev–Trinajstić information content (AvgIpc) is 2.63. The Morgan fingerprint density at radius 3 is 2.36 bits per heavy atom. The monoisotopic (exact) mass is 339 g/mol. The Morgan fingerprint density at radius 1 is 1.00 bits per heavy atom. The van der Waals surface area contributed by atoms with Crippen LogP contribution in [0.1, 0.15) is 58.8 Å². The number of nitrogens with zero attached hydrogens (tertiary/aromatic N) is 1. The van der Waals surface area contributed by atoms with Crippen molar-refractivity contribution in [3.8, 4) is 0 Å². The normalized spacial score (nSPS) is 10.4. The molecule has 5 heteroatoms. The number of aryl methyl sites for hydroxylation is 2. The second-order valence-electron chi connectivity index (χ2n) is 5.93. The van der Waals surface area contributed by atoms with E-state index in [1.807, 2.05) is 32.0 Å². The predicted molar refractivity (Wildman–Crippen MR) is 100.0 cm³/mol. The van der Waals surface area contributed by atoms with Crippen molar-refractivity contribution in [2.75, 3.05) is 11.9 Å². The Morgan fingerprint density at radius 2 is 1.68 bits per heavy atom. The predicted octanol–water partition coefficient (Wildman–Crippen LogP) is 3.73. The molecule has 5 nitrogen and oxygen atoms in total. The van der Waals surface area contributed by atoms with Gasteiger partial charge in [-0.25, -0.2) is 4.98 Å². The number of nitrogens with one attached hydrogen (secondary N) is 2. The molecular formula is C20H25N3O2. The van der Waals surface area contributed by atoms with Crippen LogP contribution in [0, 0.1) is 6.92 Å². The van der Waals surface area contributed by atoms with E-state index in [9.17, 15) is 9.59 Å². The van der Waals surface area contributed by atoms with Crippen LogP contribution in [-0.2, 0) is 6.42 Å². The van der Waals surface area contributed by atoms with Crippen molar-refractivity contribution in [3.05, 3.63) is 58.9 Å². The highest BCUT2D eigenvalue weighted by Gasteiger charge is 2.14. The number of hydrogen-bond donors (Lipinski definition) is 2. The summed E-state index contributed by atoms with van der Waals surface area (Å²) >= 11 is 0. The number of amides is 2. The summed E-state index contributed by atoms with van der Waals surface area (Å²) in [6.45, 7) is 6.67. The average molecular weight is 339 g/mol. The van der Waals surface area contributed by atoms with E-state index in [2.05, 4.69) is 22.5 Å². The molecule has 0 unspecified atom stereocenters. The van der Waals surface area contributed by atoms with Crippen LogP contribution < -0.4 is 10.6 Å². The molecule has 25 heavy (non-hydrogen) atoms. The molecule has 2 aromatic rings. The molecule has 0 radical (unpaired) electrons. The number of anilines is 1. The quantitative estimate of drug-likeness (QED) is 0.755. The largest absolute Gasteiger partial charge is 0.351 e. The van der Waals surface area contributed by atoms with Crippen molar-refractivity contribution in [1.82, 2.24) is 10.3 Å². The maximum atomic E-state index is 12.6. The Kier molecular flexibility index (Phi) is 6.69. The highest BCUT2D eigenvalue weighted by atomic mass is 16.2. The fourth-order valence-electron chi connectivity index (χ4n) is 2.54. The molecule has 0 aliphatic carbocycles. The van der Waals surface area contributed by atoms with Gasteiger partial charge in [-0.3, -0.25) is 9.59 Å². The number of hydrogen-bond acceptors (Lipinski definition) is 3. The third-order valence-corrected chi connectivity index (χ3v) is 4.01. The van der Waals surface area contributed by atoms with Crippen LogP contribution in [-0.4, -0.2) is 23.3 Å². The minimum Gasteiger partial charge on any atom is -0.351 e. The second kappa shape index (κ2) is 8.97. The smallest absolute Gasteiger partial charge is 0.274 e. The van der Waals surface area contributed by atoms with E-state index in [1.54, 1.807) is 18.2 Å². The molecule has 2 amide bonds. The summed E-state index contributed by atoms with van der Waals surface area (Å²) in [6, 6.07) is 10.8. The van der Waals surface area contributed by atoms with E-state index in [1.165, 1.54) is 0 Å². The van der Waals surface area contributed by atoms with E-state index in [4.69, 9.17) is 0 Å². The summed E-state index contributed by atoms with van der Waals surface area (Å²) < 4.78 is 0. The highest BCUT2D eigenvalue weighted by Crippen LogP contribution is 2.21. The van der Waals surface area contributed by atoms with Gasteiger partial charge in [-0.2, -0.15) is 0 Å². The molecule has 2 rings (SSSR count). The zero-order chi connectivity index (χ0) is 18.2. The van der Waals surface area contributed by atoms with Crippen LogP contribution in [0.2, 0.25) is 0 Å². The number of pyridine rings is 1. The summed E-state index contributed by atoms with van der Waals surface area (Å²) in [5, 5.41) is 5.74. The van der Waals surface area contributed by atoms with Gasteiger partial charge in [0, 0.05) is 12.2 Å². The molecule has 1 heterocycles. The van der Waals surface area contributed by atoms with Crippen LogP contribution in [0.4, 0.5) is 5.69 Å². The van der Waals surface area contributed by atoms with Crippen molar-refractivity contribution < 1.29 is 9.59 Å². The number of benzene rings is 1. The molecule has 0 saturated heterocycles. The Hall–Kier alpha value is -2.69. The number of rotatable bonds is 7. The molecule has 0 aliphatic heterocycles. The first-order valence-corrected chi connectivity index (χ1v) is 8.71. The van der Waals surface area contributed by atoms with Crippen LogP contribution in [0.3, 0.4) is 0 Å². The van der Waals surface area contributed by atoms with E-state index in [-0.39, 0.29) is 23.2 Å². The molecule has 0 bridgehead atoms. The molecule has 1 aromatic heterocycles. The van der Waals surface area contributed by atoms with Gasteiger partial charge in [0.2, 0.25) is 0 Å². The van der Waals surface area contributed by atoms with Gasteiger partial charge in [0.15, 0.2) is 0 Å². The zero-order valence-corrected chi connectivity index (χ0v) is 15.1. The third kappa shape index (κ3) is 4.89. The van der Waals surface area contributed by atoms with Crippen molar-refractivity contribution in [1.29, 1.82) is 0 Å².